The van der Waals surface area contributed by atoms with Crippen molar-refractivity contribution < 1.29 is 8.42 Å². The van der Waals surface area contributed by atoms with E-state index in [-0.39, 0.29) is 12.0 Å². The molecule has 21 heavy (non-hydrogen) atoms. The molecule has 2 atom stereocenters. The fourth-order valence-electron chi connectivity index (χ4n) is 2.12. The summed E-state index contributed by atoms with van der Waals surface area (Å²) in [5.41, 5.74) is 2.29. The first-order valence-corrected chi connectivity index (χ1v) is 8.92. The smallest absolute Gasteiger partial charge is 0.195 e. The first kappa shape index (κ1) is 18.1. The topological polar surface area (TPSA) is 49.4 Å². The Morgan fingerprint density at radius 1 is 1.05 bits per heavy atom. The molecule has 1 rings (SSSR count). The normalized spacial score (nSPS) is 15.4. The van der Waals surface area contributed by atoms with Crippen molar-refractivity contribution in [1.29, 1.82) is 0 Å². The van der Waals surface area contributed by atoms with E-state index in [1.807, 2.05) is 26.0 Å². The first-order chi connectivity index (χ1) is 9.69. The summed E-state index contributed by atoms with van der Waals surface area (Å²) in [5.74, 6) is 0.698. The quantitative estimate of drug-likeness (QED) is 0.840. The highest BCUT2D eigenvalue weighted by Gasteiger charge is 2.23. The maximum atomic E-state index is 12.1. The van der Waals surface area contributed by atoms with Gasteiger partial charge in [0.05, 0.1) is 6.04 Å². The average Bonchev–Trinajstić information content (AvgIpc) is 2.43. The molecule has 0 aliphatic heterocycles. The molecule has 0 saturated heterocycles. The van der Waals surface area contributed by atoms with Gasteiger partial charge in [-0.3, -0.25) is 0 Å². The highest BCUT2D eigenvalue weighted by molar-refractivity contribution is 7.87. The van der Waals surface area contributed by atoms with Crippen LogP contribution in [0.4, 0.5) is 0 Å². The molecule has 0 heterocycles. The zero-order valence-electron chi connectivity index (χ0n) is 13.9. The molecule has 5 heteroatoms. The summed E-state index contributed by atoms with van der Waals surface area (Å²) in [4.78, 5) is 0. The lowest BCUT2D eigenvalue weighted by atomic mass is 9.93. The van der Waals surface area contributed by atoms with Gasteiger partial charge in [-0.25, -0.2) is 0 Å². The monoisotopic (exact) mass is 312 g/mol. The van der Waals surface area contributed by atoms with Gasteiger partial charge in [0.2, 0.25) is 0 Å². The van der Waals surface area contributed by atoms with Crippen LogP contribution in [0.5, 0.6) is 0 Å². The Bertz CT molecular complexity index is 536. The van der Waals surface area contributed by atoms with Crippen molar-refractivity contribution in [3.05, 3.63) is 35.4 Å². The largest absolute Gasteiger partial charge is 0.279 e. The lowest BCUT2D eigenvalue weighted by molar-refractivity contribution is 0.437. The second kappa shape index (κ2) is 7.38. The van der Waals surface area contributed by atoms with E-state index in [9.17, 15) is 8.42 Å². The number of nitrogens with zero attached hydrogens (tertiary/aromatic N) is 1. The Balaban J connectivity index is 3.02. The fourth-order valence-corrected chi connectivity index (χ4v) is 3.06. The highest BCUT2D eigenvalue weighted by Crippen LogP contribution is 2.26. The SMILES string of the molecule is CCC(C)c1ccc(C(NS(=O)(=O)N(C)C)C(C)C)cc1. The van der Waals surface area contributed by atoms with Crippen molar-refractivity contribution in [2.45, 2.75) is 46.1 Å². The molecule has 2 unspecified atom stereocenters. The van der Waals surface area contributed by atoms with Gasteiger partial charge in [-0.2, -0.15) is 17.4 Å². The molecule has 0 bridgehead atoms. The first-order valence-electron chi connectivity index (χ1n) is 7.48. The summed E-state index contributed by atoms with van der Waals surface area (Å²) >= 11 is 0. The molecule has 120 valence electrons. The van der Waals surface area contributed by atoms with E-state index >= 15 is 0 Å². The Morgan fingerprint density at radius 2 is 1.52 bits per heavy atom. The van der Waals surface area contributed by atoms with E-state index in [1.54, 1.807) is 0 Å². The van der Waals surface area contributed by atoms with Gasteiger partial charge in [0.1, 0.15) is 0 Å². The van der Waals surface area contributed by atoms with E-state index in [1.165, 1.54) is 24.0 Å². The number of nitrogens with one attached hydrogen (secondary N) is 1. The van der Waals surface area contributed by atoms with Crippen LogP contribution in [0.1, 0.15) is 57.2 Å². The molecule has 0 aromatic heterocycles. The molecule has 0 aliphatic carbocycles. The summed E-state index contributed by atoms with van der Waals surface area (Å²) in [7, 11) is -0.371. The molecule has 1 aromatic carbocycles. The van der Waals surface area contributed by atoms with Crippen LogP contribution in [0.25, 0.3) is 0 Å². The van der Waals surface area contributed by atoms with E-state index in [2.05, 4.69) is 30.7 Å². The number of rotatable bonds is 7. The fraction of sp³-hybridized carbons (Fsp3) is 0.625. The van der Waals surface area contributed by atoms with Crippen molar-refractivity contribution >= 4 is 10.2 Å². The average molecular weight is 312 g/mol. The Labute approximate surface area is 129 Å². The molecule has 0 radical (unpaired) electrons. The summed E-state index contributed by atoms with van der Waals surface area (Å²) < 4.78 is 28.1. The highest BCUT2D eigenvalue weighted by atomic mass is 32.2. The Hall–Kier alpha value is -0.910. The van der Waals surface area contributed by atoms with Crippen LogP contribution in [0.3, 0.4) is 0 Å². The lowest BCUT2D eigenvalue weighted by Crippen LogP contribution is -2.39. The van der Waals surface area contributed by atoms with Crippen molar-refractivity contribution in [3.8, 4) is 0 Å². The third kappa shape index (κ3) is 4.80. The zero-order chi connectivity index (χ0) is 16.2. The van der Waals surface area contributed by atoms with Crippen molar-refractivity contribution in [2.75, 3.05) is 14.1 Å². The van der Waals surface area contributed by atoms with Crippen LogP contribution in [-0.2, 0) is 10.2 Å². The molecular weight excluding hydrogens is 284 g/mol. The summed E-state index contributed by atoms with van der Waals surface area (Å²) in [5, 5.41) is 0. The van der Waals surface area contributed by atoms with Crippen LogP contribution < -0.4 is 4.72 Å². The number of hydrogen-bond acceptors (Lipinski definition) is 2. The lowest BCUT2D eigenvalue weighted by Gasteiger charge is -2.25. The van der Waals surface area contributed by atoms with E-state index < -0.39 is 10.2 Å². The summed E-state index contributed by atoms with van der Waals surface area (Å²) in [6.45, 7) is 8.40. The number of hydrogen-bond donors (Lipinski definition) is 1. The molecule has 0 amide bonds. The minimum atomic E-state index is -3.44. The predicted octanol–water partition coefficient (Wildman–Crippen LogP) is 3.29. The van der Waals surface area contributed by atoms with Gasteiger partial charge in [0, 0.05) is 14.1 Å². The van der Waals surface area contributed by atoms with Crippen LogP contribution in [-0.4, -0.2) is 26.8 Å². The van der Waals surface area contributed by atoms with Gasteiger partial charge in [-0.15, -0.1) is 0 Å². The zero-order valence-corrected chi connectivity index (χ0v) is 14.7. The molecule has 4 nitrogen and oxygen atoms in total. The third-order valence-electron chi connectivity index (χ3n) is 3.90. The third-order valence-corrected chi connectivity index (χ3v) is 5.41. The molecular formula is C16H28N2O2S. The minimum absolute atomic E-state index is 0.175. The maximum Gasteiger partial charge on any atom is 0.279 e. The van der Waals surface area contributed by atoms with Crippen LogP contribution in [0.2, 0.25) is 0 Å². The number of benzene rings is 1. The van der Waals surface area contributed by atoms with Gasteiger partial charge in [-0.05, 0) is 29.4 Å². The Morgan fingerprint density at radius 3 is 1.90 bits per heavy atom. The molecule has 1 N–H and O–H groups in total. The maximum absolute atomic E-state index is 12.1. The summed E-state index contributed by atoms with van der Waals surface area (Å²) in [6.07, 6.45) is 1.10. The van der Waals surface area contributed by atoms with Gasteiger partial charge in [0.15, 0.2) is 0 Å². The van der Waals surface area contributed by atoms with Crippen molar-refractivity contribution in [1.82, 2.24) is 9.03 Å². The van der Waals surface area contributed by atoms with Crippen molar-refractivity contribution in [3.63, 3.8) is 0 Å². The van der Waals surface area contributed by atoms with Crippen molar-refractivity contribution in [2.24, 2.45) is 5.92 Å². The van der Waals surface area contributed by atoms with E-state index in [0.29, 0.717) is 5.92 Å². The second-order valence-corrected chi connectivity index (χ2v) is 8.02. The molecule has 0 fully saturated rings. The second-order valence-electron chi connectivity index (χ2n) is 6.10. The van der Waals surface area contributed by atoms with Gasteiger partial charge in [-0.1, -0.05) is 52.0 Å². The van der Waals surface area contributed by atoms with E-state index in [4.69, 9.17) is 0 Å². The van der Waals surface area contributed by atoms with Gasteiger partial charge in [0.25, 0.3) is 10.2 Å². The van der Waals surface area contributed by atoms with Crippen LogP contribution in [0.15, 0.2) is 24.3 Å². The van der Waals surface area contributed by atoms with Gasteiger partial charge >= 0.3 is 0 Å². The predicted molar refractivity (Wildman–Crippen MR) is 88.5 cm³/mol. The van der Waals surface area contributed by atoms with Crippen LogP contribution >= 0.6 is 0 Å². The van der Waals surface area contributed by atoms with E-state index in [0.717, 1.165) is 12.0 Å². The molecule has 0 saturated carbocycles. The standard InChI is InChI=1S/C16H28N2O2S/c1-7-13(4)14-8-10-15(11-9-14)16(12(2)3)17-21(19,20)18(5)6/h8-13,16-17H,7H2,1-6H3. The summed E-state index contributed by atoms with van der Waals surface area (Å²) in [6, 6.07) is 8.05. The molecule has 0 aliphatic rings. The molecule has 1 aromatic rings. The molecule has 0 spiro atoms. The van der Waals surface area contributed by atoms with Gasteiger partial charge < -0.3 is 0 Å². The Kier molecular flexibility index (Phi) is 6.38. The van der Waals surface area contributed by atoms with Crippen LogP contribution in [0, 0.1) is 5.92 Å². The minimum Gasteiger partial charge on any atom is -0.195 e.